The number of carbonyl (C=O) groups is 1. The van der Waals surface area contributed by atoms with Crippen LogP contribution < -0.4 is 14.9 Å². The van der Waals surface area contributed by atoms with Crippen molar-refractivity contribution in [1.82, 2.24) is 9.62 Å². The highest BCUT2D eigenvalue weighted by molar-refractivity contribution is 7.89. The molecule has 10 heteroatoms. The van der Waals surface area contributed by atoms with Gasteiger partial charge >= 0.3 is 0 Å². The molecule has 2 aliphatic rings. The SMILES string of the molecule is CC(=O)Nc1ccc(S(=O)(=O)NC2CCC(CCN3CCN(c4cc(Cl)cc(Cl)c4)CC3)CC2)cc1. The number of anilines is 2. The number of rotatable bonds is 8. The van der Waals surface area contributed by atoms with Gasteiger partial charge in [-0.2, -0.15) is 0 Å². The second kappa shape index (κ2) is 12.1. The molecule has 0 spiro atoms. The van der Waals surface area contributed by atoms with Gasteiger partial charge in [-0.1, -0.05) is 23.2 Å². The Bertz CT molecular complexity index is 1120. The predicted molar refractivity (Wildman–Crippen MR) is 147 cm³/mol. The van der Waals surface area contributed by atoms with Crippen LogP contribution in [0, 0.1) is 5.92 Å². The van der Waals surface area contributed by atoms with E-state index in [0.29, 0.717) is 21.7 Å². The molecule has 2 aromatic carbocycles. The molecule has 1 saturated heterocycles. The van der Waals surface area contributed by atoms with E-state index < -0.39 is 10.0 Å². The van der Waals surface area contributed by atoms with Crippen LogP contribution >= 0.6 is 23.2 Å². The largest absolute Gasteiger partial charge is 0.369 e. The van der Waals surface area contributed by atoms with Gasteiger partial charge in [0.15, 0.2) is 0 Å². The fraction of sp³-hybridized carbons (Fsp3) is 0.500. The van der Waals surface area contributed by atoms with Crippen molar-refractivity contribution in [3.63, 3.8) is 0 Å². The minimum atomic E-state index is -3.58. The number of nitrogens with zero attached hydrogens (tertiary/aromatic N) is 2. The Kier molecular flexibility index (Phi) is 9.17. The lowest BCUT2D eigenvalue weighted by Gasteiger charge is -2.37. The molecule has 1 amide bonds. The van der Waals surface area contributed by atoms with Crippen molar-refractivity contribution in [3.8, 4) is 0 Å². The first-order valence-electron chi connectivity index (χ1n) is 12.5. The molecule has 2 N–H and O–H groups in total. The van der Waals surface area contributed by atoms with Gasteiger partial charge in [-0.25, -0.2) is 13.1 Å². The van der Waals surface area contributed by atoms with Crippen LogP contribution in [0.3, 0.4) is 0 Å². The Balaban J connectivity index is 1.18. The van der Waals surface area contributed by atoms with Crippen molar-refractivity contribution < 1.29 is 13.2 Å². The lowest BCUT2D eigenvalue weighted by molar-refractivity contribution is -0.114. The highest BCUT2D eigenvalue weighted by Gasteiger charge is 2.26. The van der Waals surface area contributed by atoms with Crippen molar-refractivity contribution in [2.45, 2.75) is 50.0 Å². The quantitative estimate of drug-likeness (QED) is 0.481. The Labute approximate surface area is 224 Å². The summed E-state index contributed by atoms with van der Waals surface area (Å²) < 4.78 is 28.5. The molecular formula is C26H34Cl2N4O3S. The summed E-state index contributed by atoms with van der Waals surface area (Å²) in [7, 11) is -3.58. The fourth-order valence-electron chi connectivity index (χ4n) is 5.09. The smallest absolute Gasteiger partial charge is 0.240 e. The molecule has 1 saturated carbocycles. The maximum atomic E-state index is 12.8. The highest BCUT2D eigenvalue weighted by atomic mass is 35.5. The normalized spacial score (nSPS) is 21.4. The minimum Gasteiger partial charge on any atom is -0.369 e. The second-order valence-electron chi connectivity index (χ2n) is 9.79. The zero-order valence-electron chi connectivity index (χ0n) is 20.6. The highest BCUT2D eigenvalue weighted by Crippen LogP contribution is 2.29. The third-order valence-corrected chi connectivity index (χ3v) is 9.06. The summed E-state index contributed by atoms with van der Waals surface area (Å²) in [5.74, 6) is 0.443. The van der Waals surface area contributed by atoms with E-state index in [0.717, 1.165) is 70.5 Å². The van der Waals surface area contributed by atoms with Crippen LogP contribution in [0.1, 0.15) is 39.0 Å². The van der Waals surface area contributed by atoms with E-state index >= 15 is 0 Å². The van der Waals surface area contributed by atoms with E-state index in [-0.39, 0.29) is 16.8 Å². The number of piperazine rings is 1. The summed E-state index contributed by atoms with van der Waals surface area (Å²) >= 11 is 12.3. The van der Waals surface area contributed by atoms with Crippen LogP contribution in [0.2, 0.25) is 10.0 Å². The average Bonchev–Trinajstić information content (AvgIpc) is 2.83. The third kappa shape index (κ3) is 7.59. The Hall–Kier alpha value is -1.84. The fourth-order valence-corrected chi connectivity index (χ4v) is 6.91. The molecule has 0 unspecified atom stereocenters. The number of carbonyl (C=O) groups excluding carboxylic acids is 1. The summed E-state index contributed by atoms with van der Waals surface area (Å²) in [5, 5.41) is 3.98. The van der Waals surface area contributed by atoms with Gasteiger partial charge in [0.25, 0.3) is 0 Å². The number of nitrogens with one attached hydrogen (secondary N) is 2. The van der Waals surface area contributed by atoms with Crippen LogP contribution in [0.5, 0.6) is 0 Å². The molecule has 0 radical (unpaired) electrons. The summed E-state index contributed by atoms with van der Waals surface area (Å²) in [6.07, 6.45) is 4.94. The number of benzene rings is 2. The molecule has 0 aromatic heterocycles. The number of sulfonamides is 1. The predicted octanol–water partition coefficient (Wildman–Crippen LogP) is 5.00. The molecule has 1 heterocycles. The van der Waals surface area contributed by atoms with Crippen molar-refractivity contribution in [2.75, 3.05) is 42.9 Å². The summed E-state index contributed by atoms with van der Waals surface area (Å²) in [5.41, 5.74) is 1.66. The first kappa shape index (κ1) is 27.2. The van der Waals surface area contributed by atoms with E-state index in [1.165, 1.54) is 19.1 Å². The molecule has 0 atom stereocenters. The molecule has 2 aromatic rings. The van der Waals surface area contributed by atoms with Crippen molar-refractivity contribution in [3.05, 3.63) is 52.5 Å². The molecule has 196 valence electrons. The number of hydrogen-bond donors (Lipinski definition) is 2. The van der Waals surface area contributed by atoms with Gasteiger partial charge in [-0.15, -0.1) is 0 Å². The molecule has 7 nitrogen and oxygen atoms in total. The van der Waals surface area contributed by atoms with Gasteiger partial charge in [0.05, 0.1) is 4.90 Å². The standard InChI is InChI=1S/C26H34Cl2N4O3S/c1-19(33)29-23-6-8-26(9-7-23)36(34,35)30-24-4-2-20(3-5-24)10-11-31-12-14-32(15-13-31)25-17-21(27)16-22(28)18-25/h6-9,16-18,20,24,30H,2-5,10-15H2,1H3,(H,29,33). The van der Waals surface area contributed by atoms with Gasteiger partial charge < -0.3 is 10.2 Å². The van der Waals surface area contributed by atoms with Crippen molar-refractivity contribution in [2.24, 2.45) is 5.92 Å². The zero-order valence-corrected chi connectivity index (χ0v) is 22.9. The van der Waals surface area contributed by atoms with Gasteiger partial charge in [0.1, 0.15) is 0 Å². The van der Waals surface area contributed by atoms with E-state index in [4.69, 9.17) is 23.2 Å². The molecule has 1 aliphatic heterocycles. The Morgan fingerprint density at radius 2 is 1.56 bits per heavy atom. The van der Waals surface area contributed by atoms with E-state index in [1.807, 2.05) is 12.1 Å². The molecule has 4 rings (SSSR count). The van der Waals surface area contributed by atoms with E-state index in [2.05, 4.69) is 19.8 Å². The lowest BCUT2D eigenvalue weighted by atomic mass is 9.84. The van der Waals surface area contributed by atoms with Gasteiger partial charge in [-0.3, -0.25) is 9.69 Å². The van der Waals surface area contributed by atoms with Crippen LogP contribution in [-0.2, 0) is 14.8 Å². The van der Waals surface area contributed by atoms with Gasteiger partial charge in [0.2, 0.25) is 15.9 Å². The van der Waals surface area contributed by atoms with Crippen LogP contribution in [0.25, 0.3) is 0 Å². The molecule has 36 heavy (non-hydrogen) atoms. The number of amides is 1. The third-order valence-electron chi connectivity index (χ3n) is 7.09. The topological polar surface area (TPSA) is 81.7 Å². The second-order valence-corrected chi connectivity index (χ2v) is 12.4. The Morgan fingerprint density at radius 3 is 2.14 bits per heavy atom. The van der Waals surface area contributed by atoms with Gasteiger partial charge in [0, 0.05) is 60.6 Å². The van der Waals surface area contributed by atoms with Crippen LogP contribution in [0.15, 0.2) is 47.4 Å². The van der Waals surface area contributed by atoms with Crippen LogP contribution in [-0.4, -0.2) is 58.0 Å². The summed E-state index contributed by atoms with van der Waals surface area (Å²) in [6.45, 7) is 6.43. The molecular weight excluding hydrogens is 519 g/mol. The molecule has 0 bridgehead atoms. The maximum Gasteiger partial charge on any atom is 0.240 e. The average molecular weight is 554 g/mol. The lowest BCUT2D eigenvalue weighted by Crippen LogP contribution is -2.47. The zero-order chi connectivity index (χ0) is 25.7. The van der Waals surface area contributed by atoms with E-state index in [9.17, 15) is 13.2 Å². The molecule has 1 aliphatic carbocycles. The number of hydrogen-bond acceptors (Lipinski definition) is 5. The number of halogens is 2. The van der Waals surface area contributed by atoms with Crippen molar-refractivity contribution in [1.29, 1.82) is 0 Å². The van der Waals surface area contributed by atoms with Crippen LogP contribution in [0.4, 0.5) is 11.4 Å². The van der Waals surface area contributed by atoms with E-state index in [1.54, 1.807) is 18.2 Å². The minimum absolute atomic E-state index is 0.0330. The summed E-state index contributed by atoms with van der Waals surface area (Å²) in [6, 6.07) is 11.9. The summed E-state index contributed by atoms with van der Waals surface area (Å²) in [4.78, 5) is 16.2. The first-order valence-corrected chi connectivity index (χ1v) is 14.8. The monoisotopic (exact) mass is 552 g/mol. The first-order chi connectivity index (χ1) is 17.2. The Morgan fingerprint density at radius 1 is 0.944 bits per heavy atom. The van der Waals surface area contributed by atoms with Gasteiger partial charge in [-0.05, 0) is 87.0 Å². The van der Waals surface area contributed by atoms with Crippen molar-refractivity contribution >= 4 is 50.5 Å². The molecule has 2 fully saturated rings. The maximum absolute atomic E-state index is 12.8.